The predicted octanol–water partition coefficient (Wildman–Crippen LogP) is 2.58. The molecule has 1 aromatic carbocycles. The van der Waals surface area contributed by atoms with Crippen LogP contribution >= 0.6 is 15.9 Å². The maximum absolute atomic E-state index is 10.5. The normalized spacial score (nSPS) is 12.5. The molecule has 0 radical (unpaired) electrons. The molecule has 18 heavy (non-hydrogen) atoms. The first-order valence-corrected chi connectivity index (χ1v) is 6.34. The van der Waals surface area contributed by atoms with Gasteiger partial charge in [0.1, 0.15) is 11.9 Å². The van der Waals surface area contributed by atoms with E-state index >= 15 is 0 Å². The van der Waals surface area contributed by atoms with Crippen molar-refractivity contribution in [1.82, 2.24) is 9.78 Å². The number of methoxy groups -OCH3 is 1. The Morgan fingerprint density at radius 2 is 2.17 bits per heavy atom. The molecule has 1 N–H and O–H groups in total. The van der Waals surface area contributed by atoms with Gasteiger partial charge >= 0.3 is 0 Å². The van der Waals surface area contributed by atoms with Gasteiger partial charge in [-0.1, -0.05) is 12.1 Å². The molecule has 1 unspecified atom stereocenters. The van der Waals surface area contributed by atoms with Crippen LogP contribution in [-0.2, 0) is 7.05 Å². The Kier molecular flexibility index (Phi) is 3.73. The quantitative estimate of drug-likeness (QED) is 0.948. The minimum absolute atomic E-state index is 0.676. The fraction of sp³-hybridized carbons (Fsp3) is 0.308. The number of aliphatic hydroxyl groups excluding tert-OH is 1. The number of benzene rings is 1. The molecule has 0 spiro atoms. The summed E-state index contributed by atoms with van der Waals surface area (Å²) < 4.78 is 7.74. The maximum atomic E-state index is 10.5. The number of nitrogens with zero attached hydrogens (tertiary/aromatic N) is 2. The number of aryl methyl sites for hydroxylation is 2. The summed E-state index contributed by atoms with van der Waals surface area (Å²) in [6.45, 7) is 1.98. The number of rotatable bonds is 3. The van der Waals surface area contributed by atoms with Crippen LogP contribution in [0.4, 0.5) is 0 Å². The van der Waals surface area contributed by atoms with Crippen molar-refractivity contribution in [2.75, 3.05) is 7.11 Å². The molecule has 0 amide bonds. The van der Waals surface area contributed by atoms with E-state index in [4.69, 9.17) is 4.74 Å². The number of aromatic nitrogens is 2. The van der Waals surface area contributed by atoms with E-state index in [1.54, 1.807) is 25.0 Å². The van der Waals surface area contributed by atoms with Crippen LogP contribution in [0.15, 0.2) is 28.9 Å². The van der Waals surface area contributed by atoms with Gasteiger partial charge in [-0.3, -0.25) is 4.68 Å². The van der Waals surface area contributed by atoms with E-state index in [0.29, 0.717) is 11.4 Å². The average molecular weight is 311 g/mol. The van der Waals surface area contributed by atoms with Crippen LogP contribution in [0.3, 0.4) is 0 Å². The Morgan fingerprint density at radius 1 is 1.44 bits per heavy atom. The SMILES string of the molecule is COc1cc(C)ccc1C(O)c1c(Br)cnn1C. The van der Waals surface area contributed by atoms with Gasteiger partial charge < -0.3 is 9.84 Å². The number of ether oxygens (including phenoxy) is 1. The summed E-state index contributed by atoms with van der Waals surface area (Å²) in [5, 5.41) is 14.6. The summed E-state index contributed by atoms with van der Waals surface area (Å²) in [6, 6.07) is 5.73. The standard InChI is InChI=1S/C13H15BrN2O2/c1-8-4-5-9(11(6-8)18-3)13(17)12-10(14)7-15-16(12)2/h4-7,13,17H,1-3H3. The Labute approximate surface area is 114 Å². The average Bonchev–Trinajstić information content (AvgIpc) is 2.68. The second-order valence-electron chi connectivity index (χ2n) is 4.15. The lowest BCUT2D eigenvalue weighted by molar-refractivity contribution is 0.204. The predicted molar refractivity (Wildman–Crippen MR) is 72.7 cm³/mol. The molecule has 1 atom stereocenters. The lowest BCUT2D eigenvalue weighted by atomic mass is 10.0. The zero-order valence-electron chi connectivity index (χ0n) is 10.5. The highest BCUT2D eigenvalue weighted by atomic mass is 79.9. The van der Waals surface area contributed by atoms with Crippen LogP contribution in [0.1, 0.15) is 22.9 Å². The highest BCUT2D eigenvalue weighted by Gasteiger charge is 2.21. The fourth-order valence-corrected chi connectivity index (χ4v) is 2.48. The third kappa shape index (κ3) is 2.28. The molecule has 2 aromatic rings. The third-order valence-electron chi connectivity index (χ3n) is 2.88. The van der Waals surface area contributed by atoms with Crippen LogP contribution < -0.4 is 4.74 Å². The zero-order valence-corrected chi connectivity index (χ0v) is 12.1. The molecule has 0 bridgehead atoms. The molecule has 0 fully saturated rings. The Balaban J connectivity index is 2.49. The number of halogens is 1. The van der Waals surface area contributed by atoms with E-state index in [-0.39, 0.29) is 0 Å². The van der Waals surface area contributed by atoms with Crippen LogP contribution in [0, 0.1) is 6.92 Å². The second-order valence-corrected chi connectivity index (χ2v) is 5.00. The topological polar surface area (TPSA) is 47.3 Å². The summed E-state index contributed by atoms with van der Waals surface area (Å²) >= 11 is 3.39. The van der Waals surface area contributed by atoms with Gasteiger partial charge in [-0.05, 0) is 34.5 Å². The van der Waals surface area contributed by atoms with Gasteiger partial charge in [0.25, 0.3) is 0 Å². The fourth-order valence-electron chi connectivity index (χ4n) is 1.92. The first kappa shape index (κ1) is 13.1. The van der Waals surface area contributed by atoms with Crippen molar-refractivity contribution in [3.8, 4) is 5.75 Å². The van der Waals surface area contributed by atoms with Crippen molar-refractivity contribution < 1.29 is 9.84 Å². The maximum Gasteiger partial charge on any atom is 0.125 e. The second kappa shape index (κ2) is 5.12. The van der Waals surface area contributed by atoms with E-state index in [1.165, 1.54) is 0 Å². The molecule has 96 valence electrons. The highest BCUT2D eigenvalue weighted by molar-refractivity contribution is 9.10. The van der Waals surface area contributed by atoms with Gasteiger partial charge in [0.05, 0.1) is 23.5 Å². The van der Waals surface area contributed by atoms with Gasteiger partial charge in [0.2, 0.25) is 0 Å². The van der Waals surface area contributed by atoms with E-state index < -0.39 is 6.10 Å². The molecular weight excluding hydrogens is 296 g/mol. The zero-order chi connectivity index (χ0) is 13.3. The van der Waals surface area contributed by atoms with Crippen molar-refractivity contribution in [2.24, 2.45) is 7.05 Å². The van der Waals surface area contributed by atoms with Crippen molar-refractivity contribution in [1.29, 1.82) is 0 Å². The molecule has 0 saturated carbocycles. The summed E-state index contributed by atoms with van der Waals surface area (Å²) in [7, 11) is 3.40. The van der Waals surface area contributed by atoms with E-state index in [9.17, 15) is 5.11 Å². The number of hydrogen-bond donors (Lipinski definition) is 1. The molecule has 4 nitrogen and oxygen atoms in total. The molecule has 5 heteroatoms. The molecule has 2 rings (SSSR count). The van der Waals surface area contributed by atoms with Crippen molar-refractivity contribution in [3.05, 3.63) is 45.7 Å². The molecule has 0 aliphatic carbocycles. The number of aliphatic hydroxyl groups is 1. The van der Waals surface area contributed by atoms with Crippen molar-refractivity contribution in [2.45, 2.75) is 13.0 Å². The molecule has 1 heterocycles. The first-order valence-electron chi connectivity index (χ1n) is 5.54. The van der Waals surface area contributed by atoms with Crippen LogP contribution in [0.5, 0.6) is 5.75 Å². The lowest BCUT2D eigenvalue weighted by Crippen LogP contribution is -2.08. The summed E-state index contributed by atoms with van der Waals surface area (Å²) in [5.74, 6) is 0.676. The van der Waals surface area contributed by atoms with Gasteiger partial charge in [-0.15, -0.1) is 0 Å². The highest BCUT2D eigenvalue weighted by Crippen LogP contribution is 2.33. The van der Waals surface area contributed by atoms with E-state index in [2.05, 4.69) is 21.0 Å². The van der Waals surface area contributed by atoms with Crippen molar-refractivity contribution in [3.63, 3.8) is 0 Å². The van der Waals surface area contributed by atoms with E-state index in [1.807, 2.05) is 25.1 Å². The first-order chi connectivity index (χ1) is 8.54. The molecule has 0 aliphatic rings. The van der Waals surface area contributed by atoms with Crippen LogP contribution in [0.25, 0.3) is 0 Å². The molecular formula is C13H15BrN2O2. The van der Waals surface area contributed by atoms with Gasteiger partial charge in [0.15, 0.2) is 0 Å². The Morgan fingerprint density at radius 3 is 2.72 bits per heavy atom. The minimum Gasteiger partial charge on any atom is -0.496 e. The largest absolute Gasteiger partial charge is 0.496 e. The van der Waals surface area contributed by atoms with Gasteiger partial charge in [0, 0.05) is 12.6 Å². The lowest BCUT2D eigenvalue weighted by Gasteiger charge is -2.16. The van der Waals surface area contributed by atoms with Crippen LogP contribution in [0.2, 0.25) is 0 Å². The Bertz CT molecular complexity index is 547. The molecule has 0 saturated heterocycles. The summed E-state index contributed by atoms with van der Waals surface area (Å²) in [5.41, 5.74) is 2.52. The minimum atomic E-state index is -0.776. The van der Waals surface area contributed by atoms with Crippen molar-refractivity contribution >= 4 is 15.9 Å². The Hall–Kier alpha value is -1.33. The smallest absolute Gasteiger partial charge is 0.125 e. The van der Waals surface area contributed by atoms with Gasteiger partial charge in [-0.2, -0.15) is 5.10 Å². The molecule has 1 aromatic heterocycles. The number of hydrogen-bond acceptors (Lipinski definition) is 3. The molecule has 0 aliphatic heterocycles. The van der Waals surface area contributed by atoms with Crippen LogP contribution in [-0.4, -0.2) is 22.0 Å². The third-order valence-corrected chi connectivity index (χ3v) is 3.49. The monoisotopic (exact) mass is 310 g/mol. The summed E-state index contributed by atoms with van der Waals surface area (Å²) in [4.78, 5) is 0. The summed E-state index contributed by atoms with van der Waals surface area (Å²) in [6.07, 6.45) is 0.890. The van der Waals surface area contributed by atoms with E-state index in [0.717, 1.165) is 15.6 Å². The van der Waals surface area contributed by atoms with Gasteiger partial charge in [-0.25, -0.2) is 0 Å².